The standard InChI is InChI=1S/C18H21BrFN5/c1-21-18(23-13-14-12-15(20)5-6-16(14)19)25-10-8-24(9-11-25)17-4-2-3-7-22-17/h2-7,12H,8-11,13H2,1H3,(H,21,23). The smallest absolute Gasteiger partial charge is 0.194 e. The van der Waals surface area contributed by atoms with Gasteiger partial charge in [0.15, 0.2) is 5.96 Å². The predicted octanol–water partition coefficient (Wildman–Crippen LogP) is 2.88. The number of guanidine groups is 1. The van der Waals surface area contributed by atoms with E-state index in [0.717, 1.165) is 48.0 Å². The second kappa shape index (κ2) is 8.29. The summed E-state index contributed by atoms with van der Waals surface area (Å²) in [6, 6.07) is 10.7. The predicted molar refractivity (Wildman–Crippen MR) is 102 cm³/mol. The second-order valence-corrected chi connectivity index (χ2v) is 6.65. The molecule has 5 nitrogen and oxygen atoms in total. The van der Waals surface area contributed by atoms with E-state index in [9.17, 15) is 4.39 Å². The normalized spacial score (nSPS) is 15.4. The molecular formula is C18H21BrFN5. The monoisotopic (exact) mass is 405 g/mol. The number of aliphatic imine (C=N–C) groups is 1. The van der Waals surface area contributed by atoms with Crippen LogP contribution in [0.25, 0.3) is 0 Å². The van der Waals surface area contributed by atoms with Gasteiger partial charge < -0.3 is 15.1 Å². The Morgan fingerprint density at radius 1 is 1.24 bits per heavy atom. The molecule has 0 saturated carbocycles. The topological polar surface area (TPSA) is 43.8 Å². The van der Waals surface area contributed by atoms with Crippen molar-refractivity contribution in [1.29, 1.82) is 0 Å². The van der Waals surface area contributed by atoms with Crippen LogP contribution in [-0.2, 0) is 6.54 Å². The summed E-state index contributed by atoms with van der Waals surface area (Å²) in [5.41, 5.74) is 0.869. The van der Waals surface area contributed by atoms with Gasteiger partial charge >= 0.3 is 0 Å². The van der Waals surface area contributed by atoms with Crippen molar-refractivity contribution < 1.29 is 4.39 Å². The summed E-state index contributed by atoms with van der Waals surface area (Å²) >= 11 is 3.46. The lowest BCUT2D eigenvalue weighted by Crippen LogP contribution is -2.52. The van der Waals surface area contributed by atoms with Gasteiger partial charge in [-0.3, -0.25) is 4.99 Å². The van der Waals surface area contributed by atoms with E-state index in [1.54, 1.807) is 13.1 Å². The Morgan fingerprint density at radius 3 is 2.72 bits per heavy atom. The maximum atomic E-state index is 13.4. The molecule has 0 bridgehead atoms. The number of halogens is 2. The van der Waals surface area contributed by atoms with Crippen molar-refractivity contribution >= 4 is 27.7 Å². The van der Waals surface area contributed by atoms with Crippen LogP contribution in [0.2, 0.25) is 0 Å². The van der Waals surface area contributed by atoms with Crippen LogP contribution in [0.15, 0.2) is 52.1 Å². The van der Waals surface area contributed by atoms with E-state index in [1.807, 2.05) is 24.4 Å². The Morgan fingerprint density at radius 2 is 2.04 bits per heavy atom. The van der Waals surface area contributed by atoms with Crippen LogP contribution in [0.1, 0.15) is 5.56 Å². The van der Waals surface area contributed by atoms with Gasteiger partial charge in [0, 0.05) is 50.4 Å². The number of pyridine rings is 1. The van der Waals surface area contributed by atoms with E-state index in [-0.39, 0.29) is 5.82 Å². The van der Waals surface area contributed by atoms with Crippen LogP contribution in [0.5, 0.6) is 0 Å². The Labute approximate surface area is 155 Å². The van der Waals surface area contributed by atoms with E-state index in [2.05, 4.69) is 41.0 Å². The average Bonchev–Trinajstić information content (AvgIpc) is 2.66. The molecule has 1 fully saturated rings. The molecule has 0 atom stereocenters. The molecule has 0 spiro atoms. The lowest BCUT2D eigenvalue weighted by Gasteiger charge is -2.37. The number of aromatic nitrogens is 1. The molecule has 0 aliphatic carbocycles. The number of nitrogens with one attached hydrogen (secondary N) is 1. The van der Waals surface area contributed by atoms with Crippen molar-refractivity contribution in [3.63, 3.8) is 0 Å². The average molecular weight is 406 g/mol. The van der Waals surface area contributed by atoms with Crippen molar-refractivity contribution in [1.82, 2.24) is 15.2 Å². The molecule has 1 saturated heterocycles. The minimum absolute atomic E-state index is 0.237. The van der Waals surface area contributed by atoms with E-state index in [1.165, 1.54) is 12.1 Å². The third-order valence-electron chi connectivity index (χ3n) is 4.21. The zero-order valence-corrected chi connectivity index (χ0v) is 15.7. The first-order chi connectivity index (χ1) is 12.2. The summed E-state index contributed by atoms with van der Waals surface area (Å²) in [6.45, 7) is 4.02. The van der Waals surface area contributed by atoms with E-state index >= 15 is 0 Å². The van der Waals surface area contributed by atoms with Crippen LogP contribution >= 0.6 is 15.9 Å². The van der Waals surface area contributed by atoms with Crippen LogP contribution in [-0.4, -0.2) is 49.1 Å². The van der Waals surface area contributed by atoms with Gasteiger partial charge in [-0.25, -0.2) is 9.37 Å². The van der Waals surface area contributed by atoms with Gasteiger partial charge in [-0.15, -0.1) is 0 Å². The molecule has 7 heteroatoms. The fourth-order valence-corrected chi connectivity index (χ4v) is 3.26. The Balaban J connectivity index is 1.57. The molecule has 2 heterocycles. The van der Waals surface area contributed by atoms with Gasteiger partial charge in [0.05, 0.1) is 0 Å². The Kier molecular flexibility index (Phi) is 5.86. The molecule has 1 N–H and O–H groups in total. The van der Waals surface area contributed by atoms with Crippen molar-refractivity contribution in [3.05, 3.63) is 58.4 Å². The zero-order chi connectivity index (χ0) is 17.6. The van der Waals surface area contributed by atoms with Gasteiger partial charge in [-0.1, -0.05) is 22.0 Å². The number of benzene rings is 1. The summed E-state index contributed by atoms with van der Waals surface area (Å²) in [5.74, 6) is 1.60. The maximum absolute atomic E-state index is 13.4. The van der Waals surface area contributed by atoms with Crippen LogP contribution in [0, 0.1) is 5.82 Å². The highest BCUT2D eigenvalue weighted by atomic mass is 79.9. The fraction of sp³-hybridized carbons (Fsp3) is 0.333. The number of nitrogens with zero attached hydrogens (tertiary/aromatic N) is 4. The van der Waals surface area contributed by atoms with Gasteiger partial charge in [0.2, 0.25) is 0 Å². The van der Waals surface area contributed by atoms with E-state index in [0.29, 0.717) is 6.54 Å². The lowest BCUT2D eigenvalue weighted by molar-refractivity contribution is 0.371. The lowest BCUT2D eigenvalue weighted by atomic mass is 10.2. The summed E-state index contributed by atoms with van der Waals surface area (Å²) in [4.78, 5) is 13.3. The minimum atomic E-state index is -0.237. The first kappa shape index (κ1) is 17.7. The number of hydrogen-bond acceptors (Lipinski definition) is 3. The minimum Gasteiger partial charge on any atom is -0.353 e. The highest BCUT2D eigenvalue weighted by molar-refractivity contribution is 9.10. The van der Waals surface area contributed by atoms with E-state index < -0.39 is 0 Å². The third-order valence-corrected chi connectivity index (χ3v) is 4.98. The van der Waals surface area contributed by atoms with Crippen molar-refractivity contribution in [2.75, 3.05) is 38.1 Å². The molecule has 25 heavy (non-hydrogen) atoms. The molecule has 0 radical (unpaired) electrons. The van der Waals surface area contributed by atoms with Gasteiger partial charge in [0.1, 0.15) is 11.6 Å². The quantitative estimate of drug-likeness (QED) is 0.629. The fourth-order valence-electron chi connectivity index (χ4n) is 2.87. The number of piperazine rings is 1. The summed E-state index contributed by atoms with van der Waals surface area (Å²) in [7, 11) is 1.77. The Bertz CT molecular complexity index is 730. The first-order valence-electron chi connectivity index (χ1n) is 8.23. The van der Waals surface area contributed by atoms with Crippen molar-refractivity contribution in [2.45, 2.75) is 6.54 Å². The summed E-state index contributed by atoms with van der Waals surface area (Å²) < 4.78 is 14.3. The van der Waals surface area contributed by atoms with E-state index in [4.69, 9.17) is 0 Å². The molecule has 0 amide bonds. The summed E-state index contributed by atoms with van der Waals surface area (Å²) in [5, 5.41) is 3.32. The maximum Gasteiger partial charge on any atom is 0.194 e. The molecular weight excluding hydrogens is 385 g/mol. The van der Waals surface area contributed by atoms with Crippen LogP contribution in [0.4, 0.5) is 10.2 Å². The molecule has 1 aliphatic heterocycles. The molecule has 3 rings (SSSR count). The van der Waals surface area contributed by atoms with Crippen molar-refractivity contribution in [2.24, 2.45) is 4.99 Å². The molecule has 0 unspecified atom stereocenters. The van der Waals surface area contributed by atoms with Crippen LogP contribution in [0.3, 0.4) is 0 Å². The molecule has 1 aromatic heterocycles. The zero-order valence-electron chi connectivity index (χ0n) is 14.1. The first-order valence-corrected chi connectivity index (χ1v) is 9.02. The SMILES string of the molecule is CN=C(NCc1cc(F)ccc1Br)N1CCN(c2ccccn2)CC1. The second-order valence-electron chi connectivity index (χ2n) is 5.80. The highest BCUT2D eigenvalue weighted by Gasteiger charge is 2.20. The largest absolute Gasteiger partial charge is 0.353 e. The summed E-state index contributed by atoms with van der Waals surface area (Å²) in [6.07, 6.45) is 1.82. The molecule has 132 valence electrons. The molecule has 2 aromatic rings. The molecule has 1 aliphatic rings. The number of hydrogen-bond donors (Lipinski definition) is 1. The van der Waals surface area contributed by atoms with Crippen molar-refractivity contribution in [3.8, 4) is 0 Å². The number of rotatable bonds is 3. The Hall–Kier alpha value is -2.15. The van der Waals surface area contributed by atoms with Gasteiger partial charge in [-0.05, 0) is 35.9 Å². The highest BCUT2D eigenvalue weighted by Crippen LogP contribution is 2.18. The third kappa shape index (κ3) is 4.48. The van der Waals surface area contributed by atoms with Gasteiger partial charge in [-0.2, -0.15) is 0 Å². The molecule has 1 aromatic carbocycles. The van der Waals surface area contributed by atoms with Crippen LogP contribution < -0.4 is 10.2 Å². The van der Waals surface area contributed by atoms with Gasteiger partial charge in [0.25, 0.3) is 0 Å². The number of anilines is 1.